The molecule has 2 aromatic heterocycles. The van der Waals surface area contributed by atoms with Crippen LogP contribution in [0.4, 0.5) is 13.2 Å². The number of hydrogen-bond acceptors (Lipinski definition) is 4. The molecular formula is C13H17F3N4O. The molecule has 0 atom stereocenters. The number of alkyl halides is 3. The van der Waals surface area contributed by atoms with E-state index in [1.807, 2.05) is 0 Å². The second-order valence-electron chi connectivity index (χ2n) is 5.23. The smallest absolute Gasteiger partial charge is 0.359 e. The highest BCUT2D eigenvalue weighted by molar-refractivity contribution is 5.10. The van der Waals surface area contributed by atoms with Crippen LogP contribution >= 0.6 is 0 Å². The van der Waals surface area contributed by atoms with E-state index in [9.17, 15) is 13.2 Å². The summed E-state index contributed by atoms with van der Waals surface area (Å²) in [6.07, 6.45) is -2.65. The third kappa shape index (κ3) is 4.59. The van der Waals surface area contributed by atoms with Gasteiger partial charge in [-0.1, -0.05) is 19.0 Å². The highest BCUT2D eigenvalue weighted by Crippen LogP contribution is 2.28. The third-order valence-electron chi connectivity index (χ3n) is 2.74. The first-order chi connectivity index (χ1) is 9.84. The lowest BCUT2D eigenvalue weighted by Crippen LogP contribution is -2.19. The summed E-state index contributed by atoms with van der Waals surface area (Å²) in [6, 6.07) is 1.71. The van der Waals surface area contributed by atoms with Crippen molar-refractivity contribution < 1.29 is 17.7 Å². The molecule has 2 heterocycles. The number of rotatable bonds is 6. The Morgan fingerprint density at radius 2 is 2.14 bits per heavy atom. The van der Waals surface area contributed by atoms with Crippen molar-refractivity contribution in [2.75, 3.05) is 6.54 Å². The topological polar surface area (TPSA) is 55.9 Å². The van der Waals surface area contributed by atoms with Crippen LogP contribution in [-0.2, 0) is 19.3 Å². The van der Waals surface area contributed by atoms with Gasteiger partial charge in [-0.05, 0) is 12.5 Å². The molecule has 0 aliphatic carbocycles. The Kier molecular flexibility index (Phi) is 4.66. The SMILES string of the molecule is CC(C)CNCc1cc(Cn2cc(C(F)(F)F)cn2)on1. The van der Waals surface area contributed by atoms with E-state index < -0.39 is 11.7 Å². The van der Waals surface area contributed by atoms with E-state index in [-0.39, 0.29) is 6.54 Å². The normalized spacial score (nSPS) is 12.3. The van der Waals surface area contributed by atoms with Crippen molar-refractivity contribution in [3.8, 4) is 0 Å². The van der Waals surface area contributed by atoms with Gasteiger partial charge < -0.3 is 9.84 Å². The quantitative estimate of drug-likeness (QED) is 0.891. The van der Waals surface area contributed by atoms with Crippen LogP contribution in [0.15, 0.2) is 23.0 Å². The van der Waals surface area contributed by atoms with Crippen LogP contribution in [-0.4, -0.2) is 21.5 Å². The summed E-state index contributed by atoms with van der Waals surface area (Å²) in [5.41, 5.74) is -0.0605. The van der Waals surface area contributed by atoms with Gasteiger partial charge in [0.1, 0.15) is 6.54 Å². The van der Waals surface area contributed by atoms with Gasteiger partial charge in [0, 0.05) is 18.8 Å². The van der Waals surface area contributed by atoms with Gasteiger partial charge in [-0.3, -0.25) is 4.68 Å². The van der Waals surface area contributed by atoms with Crippen LogP contribution in [0, 0.1) is 5.92 Å². The van der Waals surface area contributed by atoms with Crippen molar-refractivity contribution >= 4 is 0 Å². The Morgan fingerprint density at radius 1 is 1.38 bits per heavy atom. The van der Waals surface area contributed by atoms with Crippen LogP contribution in [0.1, 0.15) is 30.9 Å². The molecule has 0 amide bonds. The molecule has 1 N–H and O–H groups in total. The highest BCUT2D eigenvalue weighted by atomic mass is 19.4. The lowest BCUT2D eigenvalue weighted by Gasteiger charge is -2.04. The Hall–Kier alpha value is -1.83. The number of nitrogens with one attached hydrogen (secondary N) is 1. The molecule has 5 nitrogen and oxygen atoms in total. The molecule has 0 bridgehead atoms. The molecule has 8 heteroatoms. The van der Waals surface area contributed by atoms with Gasteiger partial charge in [0.25, 0.3) is 0 Å². The fourth-order valence-corrected chi connectivity index (χ4v) is 1.76. The van der Waals surface area contributed by atoms with Crippen LogP contribution in [0.2, 0.25) is 0 Å². The number of halogens is 3. The van der Waals surface area contributed by atoms with Crippen molar-refractivity contribution in [3.63, 3.8) is 0 Å². The zero-order chi connectivity index (χ0) is 15.5. The molecule has 21 heavy (non-hydrogen) atoms. The van der Waals surface area contributed by atoms with E-state index in [1.165, 1.54) is 4.68 Å². The van der Waals surface area contributed by atoms with E-state index in [4.69, 9.17) is 4.52 Å². The van der Waals surface area contributed by atoms with Gasteiger partial charge in [0.2, 0.25) is 0 Å². The van der Waals surface area contributed by atoms with Crippen molar-refractivity contribution in [2.45, 2.75) is 33.1 Å². The zero-order valence-electron chi connectivity index (χ0n) is 11.8. The maximum atomic E-state index is 12.5. The maximum absolute atomic E-state index is 12.5. The number of aromatic nitrogens is 3. The maximum Gasteiger partial charge on any atom is 0.419 e. The number of hydrogen-bond donors (Lipinski definition) is 1. The van der Waals surface area contributed by atoms with Crippen molar-refractivity contribution in [2.24, 2.45) is 5.92 Å². The van der Waals surface area contributed by atoms with Crippen LogP contribution < -0.4 is 5.32 Å². The lowest BCUT2D eigenvalue weighted by molar-refractivity contribution is -0.137. The van der Waals surface area contributed by atoms with E-state index in [0.717, 1.165) is 18.9 Å². The molecule has 0 aliphatic heterocycles. The number of nitrogens with zero attached hydrogens (tertiary/aromatic N) is 3. The molecule has 0 unspecified atom stereocenters. The van der Waals surface area contributed by atoms with Gasteiger partial charge in [-0.15, -0.1) is 0 Å². The molecule has 0 aromatic carbocycles. The van der Waals surface area contributed by atoms with E-state index in [2.05, 4.69) is 29.4 Å². The second-order valence-corrected chi connectivity index (χ2v) is 5.23. The van der Waals surface area contributed by atoms with E-state index in [0.29, 0.717) is 23.9 Å². The standard InChI is InChI=1S/C13H17F3N4O/c1-9(2)4-17-6-11-3-12(21-19-11)8-20-7-10(5-18-20)13(14,15)16/h3,5,7,9,17H,4,6,8H2,1-2H3. The van der Waals surface area contributed by atoms with Crippen molar-refractivity contribution in [1.82, 2.24) is 20.3 Å². The van der Waals surface area contributed by atoms with Crippen LogP contribution in [0.25, 0.3) is 0 Å². The minimum absolute atomic E-state index is 0.118. The molecule has 0 radical (unpaired) electrons. The van der Waals surface area contributed by atoms with Gasteiger partial charge in [-0.2, -0.15) is 18.3 Å². The molecular weight excluding hydrogens is 285 g/mol. The Balaban J connectivity index is 1.91. The second kappa shape index (κ2) is 6.30. The largest absolute Gasteiger partial charge is 0.419 e. The van der Waals surface area contributed by atoms with Gasteiger partial charge >= 0.3 is 6.18 Å². The van der Waals surface area contributed by atoms with E-state index >= 15 is 0 Å². The summed E-state index contributed by atoms with van der Waals surface area (Å²) < 4.78 is 43.6. The molecule has 0 aliphatic rings. The summed E-state index contributed by atoms with van der Waals surface area (Å²) in [6.45, 7) is 5.73. The Bertz CT molecular complexity index is 574. The van der Waals surface area contributed by atoms with Crippen LogP contribution in [0.5, 0.6) is 0 Å². The van der Waals surface area contributed by atoms with E-state index in [1.54, 1.807) is 6.07 Å². The minimum Gasteiger partial charge on any atom is -0.359 e. The first-order valence-corrected chi connectivity index (χ1v) is 6.59. The molecule has 116 valence electrons. The first-order valence-electron chi connectivity index (χ1n) is 6.59. The fourth-order valence-electron chi connectivity index (χ4n) is 1.76. The van der Waals surface area contributed by atoms with Gasteiger partial charge in [-0.25, -0.2) is 0 Å². The molecule has 0 spiro atoms. The Morgan fingerprint density at radius 3 is 2.76 bits per heavy atom. The molecule has 0 saturated heterocycles. The molecule has 0 saturated carbocycles. The summed E-state index contributed by atoms with van der Waals surface area (Å²) in [5.74, 6) is 0.995. The Labute approximate surface area is 120 Å². The fraction of sp³-hybridized carbons (Fsp3) is 0.538. The predicted molar refractivity (Wildman–Crippen MR) is 69.4 cm³/mol. The third-order valence-corrected chi connectivity index (χ3v) is 2.74. The summed E-state index contributed by atoms with van der Waals surface area (Å²) >= 11 is 0. The van der Waals surface area contributed by atoms with Gasteiger partial charge in [0.05, 0.1) is 17.5 Å². The highest BCUT2D eigenvalue weighted by Gasteiger charge is 2.32. The predicted octanol–water partition coefficient (Wildman–Crippen LogP) is 2.68. The van der Waals surface area contributed by atoms with Crippen molar-refractivity contribution in [3.05, 3.63) is 35.5 Å². The summed E-state index contributed by atoms with van der Waals surface area (Å²) in [7, 11) is 0. The monoisotopic (exact) mass is 302 g/mol. The summed E-state index contributed by atoms with van der Waals surface area (Å²) in [4.78, 5) is 0. The molecule has 2 aromatic rings. The average Bonchev–Trinajstić information content (AvgIpc) is 2.98. The first kappa shape index (κ1) is 15.6. The van der Waals surface area contributed by atoms with Crippen LogP contribution in [0.3, 0.4) is 0 Å². The molecule has 2 rings (SSSR count). The lowest BCUT2D eigenvalue weighted by atomic mass is 10.2. The zero-order valence-corrected chi connectivity index (χ0v) is 11.8. The van der Waals surface area contributed by atoms with Crippen molar-refractivity contribution in [1.29, 1.82) is 0 Å². The average molecular weight is 302 g/mol. The van der Waals surface area contributed by atoms with Gasteiger partial charge in [0.15, 0.2) is 5.76 Å². The summed E-state index contributed by atoms with van der Waals surface area (Å²) in [5, 5.41) is 10.7. The minimum atomic E-state index is -4.38. The molecule has 0 fully saturated rings.